The minimum atomic E-state index is -0.0252. The van der Waals surface area contributed by atoms with Crippen molar-refractivity contribution >= 4 is 33.7 Å². The van der Waals surface area contributed by atoms with Gasteiger partial charge in [-0.05, 0) is 36.6 Å². The van der Waals surface area contributed by atoms with Crippen molar-refractivity contribution in [3.8, 4) is 5.75 Å². The smallest absolute Gasteiger partial charge is 0.200 e. The van der Waals surface area contributed by atoms with Crippen LogP contribution in [0.3, 0.4) is 0 Å². The fraction of sp³-hybridized carbons (Fsp3) is 0.133. The van der Waals surface area contributed by atoms with E-state index >= 15 is 0 Å². The van der Waals surface area contributed by atoms with Gasteiger partial charge >= 0.3 is 0 Å². The summed E-state index contributed by atoms with van der Waals surface area (Å²) in [6, 6.07) is 11.0. The number of hydrogen-bond acceptors (Lipinski definition) is 4. The van der Waals surface area contributed by atoms with Gasteiger partial charge in [-0.1, -0.05) is 6.07 Å². The third-order valence-corrected chi connectivity index (χ3v) is 3.81. The van der Waals surface area contributed by atoms with Crippen LogP contribution in [0.1, 0.15) is 0 Å². The number of benzene rings is 2. The zero-order valence-corrected chi connectivity index (χ0v) is 11.4. The molecule has 3 aromatic rings. The molecule has 96 valence electrons. The molecular formula is C15H12O3S. The highest BCUT2D eigenvalue weighted by atomic mass is 32.2. The number of hydrogen-bond donors (Lipinski definition) is 0. The first kappa shape index (κ1) is 12.1. The van der Waals surface area contributed by atoms with Crippen LogP contribution in [0.25, 0.3) is 21.9 Å². The lowest BCUT2D eigenvalue weighted by atomic mass is 10.1. The lowest BCUT2D eigenvalue weighted by Crippen LogP contribution is -2.02. The fourth-order valence-corrected chi connectivity index (χ4v) is 2.55. The molecule has 0 aliphatic rings. The molecule has 0 fully saturated rings. The van der Waals surface area contributed by atoms with E-state index in [9.17, 15) is 4.79 Å². The van der Waals surface area contributed by atoms with Crippen molar-refractivity contribution in [2.24, 2.45) is 0 Å². The van der Waals surface area contributed by atoms with E-state index in [0.717, 1.165) is 4.90 Å². The van der Waals surface area contributed by atoms with E-state index in [2.05, 4.69) is 0 Å². The molecular weight excluding hydrogens is 260 g/mol. The number of ether oxygens (including phenoxy) is 1. The lowest BCUT2D eigenvalue weighted by Gasteiger charge is -2.06. The van der Waals surface area contributed by atoms with Crippen LogP contribution in [-0.2, 0) is 0 Å². The summed E-state index contributed by atoms with van der Waals surface area (Å²) in [5, 5.41) is 1.14. The van der Waals surface area contributed by atoms with Crippen molar-refractivity contribution in [2.75, 3.05) is 13.4 Å². The Balaban J connectivity index is 2.49. The molecule has 0 atom stereocenters. The summed E-state index contributed by atoms with van der Waals surface area (Å²) in [4.78, 5) is 13.5. The van der Waals surface area contributed by atoms with Crippen LogP contribution in [0, 0.1) is 0 Å². The van der Waals surface area contributed by atoms with Crippen molar-refractivity contribution in [3.05, 3.63) is 46.6 Å². The minimum absolute atomic E-state index is 0.0252. The molecule has 0 unspecified atom stereocenters. The summed E-state index contributed by atoms with van der Waals surface area (Å²) in [7, 11) is 1.57. The number of para-hydroxylation sites is 1. The summed E-state index contributed by atoms with van der Waals surface area (Å²) >= 11 is 1.61. The quantitative estimate of drug-likeness (QED) is 0.527. The van der Waals surface area contributed by atoms with Crippen LogP contribution >= 0.6 is 11.8 Å². The lowest BCUT2D eigenvalue weighted by molar-refractivity contribution is 0.411. The van der Waals surface area contributed by atoms with Gasteiger partial charge < -0.3 is 9.15 Å². The highest BCUT2D eigenvalue weighted by Crippen LogP contribution is 2.28. The number of thioether (sulfide) groups is 1. The van der Waals surface area contributed by atoms with Crippen LogP contribution in [-0.4, -0.2) is 13.4 Å². The van der Waals surface area contributed by atoms with Gasteiger partial charge in [0.05, 0.1) is 17.9 Å². The normalized spacial score (nSPS) is 11.1. The van der Waals surface area contributed by atoms with Gasteiger partial charge in [-0.15, -0.1) is 11.8 Å². The predicted octanol–water partition coefficient (Wildman–Crippen LogP) is 3.68. The Kier molecular flexibility index (Phi) is 2.95. The zero-order valence-electron chi connectivity index (χ0n) is 10.6. The minimum Gasteiger partial charge on any atom is -0.493 e. The first-order chi connectivity index (χ1) is 9.24. The molecule has 1 aromatic heterocycles. The third-order valence-electron chi connectivity index (χ3n) is 3.09. The molecule has 0 saturated carbocycles. The van der Waals surface area contributed by atoms with E-state index < -0.39 is 0 Å². The first-order valence-corrected chi connectivity index (χ1v) is 7.04. The van der Waals surface area contributed by atoms with E-state index in [1.165, 1.54) is 0 Å². The van der Waals surface area contributed by atoms with Crippen LogP contribution in [0.4, 0.5) is 0 Å². The van der Waals surface area contributed by atoms with Crippen molar-refractivity contribution in [1.82, 2.24) is 0 Å². The number of rotatable bonds is 2. The monoisotopic (exact) mass is 272 g/mol. The molecule has 0 amide bonds. The molecule has 2 aromatic carbocycles. The molecule has 0 aliphatic heterocycles. The average Bonchev–Trinajstić information content (AvgIpc) is 2.46. The summed E-state index contributed by atoms with van der Waals surface area (Å²) in [5.74, 6) is 0.575. The largest absolute Gasteiger partial charge is 0.493 e. The van der Waals surface area contributed by atoms with Gasteiger partial charge in [0.2, 0.25) is 5.43 Å². The van der Waals surface area contributed by atoms with Gasteiger partial charge in [-0.3, -0.25) is 4.79 Å². The van der Waals surface area contributed by atoms with E-state index in [4.69, 9.17) is 9.15 Å². The Morgan fingerprint density at radius 2 is 2.00 bits per heavy atom. The topological polar surface area (TPSA) is 39.4 Å². The third kappa shape index (κ3) is 1.88. The van der Waals surface area contributed by atoms with Crippen LogP contribution in [0.5, 0.6) is 5.75 Å². The maximum absolute atomic E-state index is 12.4. The molecule has 0 spiro atoms. The van der Waals surface area contributed by atoms with Gasteiger partial charge in [-0.25, -0.2) is 0 Å². The standard InChI is InChI=1S/C15H12O3S/c1-17-12-5-3-4-11-14(16)10-7-6-9(19-2)8-13(10)18-15(11)12/h3-8H,1-2H3. The van der Waals surface area contributed by atoms with E-state index in [0.29, 0.717) is 27.7 Å². The maximum Gasteiger partial charge on any atom is 0.200 e. The number of methoxy groups -OCH3 is 1. The Morgan fingerprint density at radius 1 is 1.16 bits per heavy atom. The van der Waals surface area contributed by atoms with Crippen LogP contribution < -0.4 is 10.2 Å². The first-order valence-electron chi connectivity index (χ1n) is 5.82. The Labute approximate surface area is 114 Å². The summed E-state index contributed by atoms with van der Waals surface area (Å²) in [6.07, 6.45) is 1.99. The average molecular weight is 272 g/mol. The molecule has 19 heavy (non-hydrogen) atoms. The zero-order chi connectivity index (χ0) is 13.4. The number of fused-ring (bicyclic) bond motifs is 2. The molecule has 0 N–H and O–H groups in total. The summed E-state index contributed by atoms with van der Waals surface area (Å²) in [5.41, 5.74) is 1.07. The second kappa shape index (κ2) is 4.63. The van der Waals surface area contributed by atoms with Gasteiger partial charge in [0, 0.05) is 4.90 Å². The van der Waals surface area contributed by atoms with E-state index in [-0.39, 0.29) is 5.43 Å². The van der Waals surface area contributed by atoms with Crippen molar-refractivity contribution < 1.29 is 9.15 Å². The second-order valence-electron chi connectivity index (χ2n) is 4.13. The Morgan fingerprint density at radius 3 is 2.74 bits per heavy atom. The van der Waals surface area contributed by atoms with Crippen molar-refractivity contribution in [3.63, 3.8) is 0 Å². The molecule has 1 heterocycles. The molecule has 0 saturated heterocycles. The highest BCUT2D eigenvalue weighted by Gasteiger charge is 2.11. The van der Waals surface area contributed by atoms with Gasteiger partial charge in [0.15, 0.2) is 11.3 Å². The molecule has 3 nitrogen and oxygen atoms in total. The molecule has 0 bridgehead atoms. The van der Waals surface area contributed by atoms with E-state index in [1.54, 1.807) is 37.1 Å². The summed E-state index contributed by atoms with van der Waals surface area (Å²) < 4.78 is 11.1. The molecule has 4 heteroatoms. The highest BCUT2D eigenvalue weighted by molar-refractivity contribution is 7.98. The van der Waals surface area contributed by atoms with Gasteiger partial charge in [0.1, 0.15) is 5.58 Å². The molecule has 0 radical (unpaired) electrons. The Hall–Kier alpha value is -1.94. The van der Waals surface area contributed by atoms with Crippen molar-refractivity contribution in [1.29, 1.82) is 0 Å². The molecule has 0 aliphatic carbocycles. The predicted molar refractivity (Wildman–Crippen MR) is 78.3 cm³/mol. The van der Waals surface area contributed by atoms with Crippen LogP contribution in [0.15, 0.2) is 50.5 Å². The maximum atomic E-state index is 12.4. The SMILES string of the molecule is COc1cccc2c(=O)c3ccc(SC)cc3oc12. The van der Waals surface area contributed by atoms with Gasteiger partial charge in [0.25, 0.3) is 0 Å². The Bertz CT molecular complexity index is 821. The van der Waals surface area contributed by atoms with Crippen LogP contribution in [0.2, 0.25) is 0 Å². The van der Waals surface area contributed by atoms with Crippen molar-refractivity contribution in [2.45, 2.75) is 4.90 Å². The van der Waals surface area contributed by atoms with E-state index in [1.807, 2.05) is 24.5 Å². The second-order valence-corrected chi connectivity index (χ2v) is 5.01. The molecule has 3 rings (SSSR count). The summed E-state index contributed by atoms with van der Waals surface area (Å²) in [6.45, 7) is 0. The van der Waals surface area contributed by atoms with Gasteiger partial charge in [-0.2, -0.15) is 0 Å². The fourth-order valence-electron chi connectivity index (χ4n) is 2.12.